The van der Waals surface area contributed by atoms with Crippen molar-refractivity contribution in [2.24, 2.45) is 7.05 Å². The predicted octanol–water partition coefficient (Wildman–Crippen LogP) is 0.734. The Labute approximate surface area is 169 Å². The Morgan fingerprint density at radius 1 is 1.28 bits per heavy atom. The number of likely N-dealkylation sites (tertiary alicyclic amines) is 1. The number of hydrogen-bond acceptors (Lipinski definition) is 6. The molecule has 3 heterocycles. The summed E-state index contributed by atoms with van der Waals surface area (Å²) in [4.78, 5) is 14.7. The Kier molecular flexibility index (Phi) is 5.09. The van der Waals surface area contributed by atoms with E-state index >= 15 is 0 Å². The normalized spacial score (nSPS) is 23.6. The van der Waals surface area contributed by atoms with Crippen molar-refractivity contribution in [3.8, 4) is 5.75 Å². The SMILES string of the molecule is COCCN1C[C@]2(CCN(C(=O)c3ccn(C)n3)C2)Oc2ccccc2S1(=O)=O. The summed E-state index contributed by atoms with van der Waals surface area (Å²) in [6.45, 7) is 1.39. The molecule has 2 aromatic rings. The van der Waals surface area contributed by atoms with Crippen LogP contribution in [0.2, 0.25) is 0 Å². The quantitative estimate of drug-likeness (QED) is 0.724. The zero-order valence-corrected chi connectivity index (χ0v) is 17.3. The van der Waals surface area contributed by atoms with E-state index in [0.29, 0.717) is 24.4 Å². The lowest BCUT2D eigenvalue weighted by Crippen LogP contribution is -2.50. The minimum Gasteiger partial charge on any atom is -0.483 e. The summed E-state index contributed by atoms with van der Waals surface area (Å²) in [5.41, 5.74) is -0.458. The lowest BCUT2D eigenvalue weighted by molar-refractivity contribution is 0.0483. The van der Waals surface area contributed by atoms with Gasteiger partial charge in [-0.3, -0.25) is 9.48 Å². The van der Waals surface area contributed by atoms with Crippen LogP contribution >= 0.6 is 0 Å². The summed E-state index contributed by atoms with van der Waals surface area (Å²) in [5.74, 6) is 0.134. The maximum absolute atomic E-state index is 13.2. The van der Waals surface area contributed by atoms with Gasteiger partial charge in [0.1, 0.15) is 21.9 Å². The second-order valence-electron chi connectivity index (χ2n) is 7.41. The van der Waals surface area contributed by atoms with Crippen LogP contribution in [0.25, 0.3) is 0 Å². The van der Waals surface area contributed by atoms with E-state index in [1.54, 1.807) is 53.2 Å². The number of nitrogens with zero attached hydrogens (tertiary/aromatic N) is 4. The molecule has 1 amide bonds. The molecule has 0 bridgehead atoms. The van der Waals surface area contributed by atoms with Crippen molar-refractivity contribution in [2.75, 3.05) is 39.9 Å². The number of rotatable bonds is 4. The van der Waals surface area contributed by atoms with Crippen LogP contribution in [0.5, 0.6) is 5.75 Å². The van der Waals surface area contributed by atoms with Crippen LogP contribution in [0.1, 0.15) is 16.9 Å². The second-order valence-corrected chi connectivity index (χ2v) is 9.32. The van der Waals surface area contributed by atoms with Crippen LogP contribution < -0.4 is 4.74 Å². The van der Waals surface area contributed by atoms with Crippen molar-refractivity contribution in [1.82, 2.24) is 19.0 Å². The summed E-state index contributed by atoms with van der Waals surface area (Å²) in [5, 5.41) is 4.18. The van der Waals surface area contributed by atoms with Gasteiger partial charge in [-0.15, -0.1) is 0 Å². The molecule has 1 atom stereocenters. The van der Waals surface area contributed by atoms with Gasteiger partial charge in [0.05, 0.1) is 19.7 Å². The minimum absolute atomic E-state index is 0.141. The van der Waals surface area contributed by atoms with E-state index in [-0.39, 0.29) is 37.0 Å². The van der Waals surface area contributed by atoms with Gasteiger partial charge in [-0.2, -0.15) is 9.40 Å². The largest absolute Gasteiger partial charge is 0.483 e. The lowest BCUT2D eigenvalue weighted by atomic mass is 10.0. The van der Waals surface area contributed by atoms with Gasteiger partial charge in [-0.05, 0) is 18.2 Å². The number of aryl methyl sites for hydroxylation is 1. The van der Waals surface area contributed by atoms with E-state index < -0.39 is 15.6 Å². The fraction of sp³-hybridized carbons (Fsp3) is 0.474. The molecule has 156 valence electrons. The number of sulfonamides is 1. The average Bonchev–Trinajstić information content (AvgIpc) is 3.29. The van der Waals surface area contributed by atoms with Gasteiger partial charge >= 0.3 is 0 Å². The number of benzene rings is 1. The molecule has 0 radical (unpaired) electrons. The van der Waals surface area contributed by atoms with Crippen molar-refractivity contribution in [3.05, 3.63) is 42.2 Å². The number of hydrogen-bond donors (Lipinski definition) is 0. The molecule has 1 spiro atoms. The van der Waals surface area contributed by atoms with Gasteiger partial charge in [0.25, 0.3) is 5.91 Å². The van der Waals surface area contributed by atoms with E-state index in [2.05, 4.69) is 5.10 Å². The highest BCUT2D eigenvalue weighted by Gasteiger charge is 2.48. The highest BCUT2D eigenvalue weighted by atomic mass is 32.2. The van der Waals surface area contributed by atoms with Gasteiger partial charge in [0.2, 0.25) is 10.0 Å². The van der Waals surface area contributed by atoms with Crippen LogP contribution in [-0.4, -0.2) is 78.8 Å². The molecule has 1 aromatic carbocycles. The van der Waals surface area contributed by atoms with E-state index in [9.17, 15) is 13.2 Å². The standard InChI is InChI=1S/C19H24N4O5S/c1-21-9-7-15(20-21)18(24)22-10-8-19(13-22)14-23(11-12-27-2)29(25,26)17-6-4-3-5-16(17)28-19/h3-7,9H,8,10-14H2,1-2H3/t19-/m1/s1. The van der Waals surface area contributed by atoms with E-state index in [0.717, 1.165) is 0 Å². The highest BCUT2D eigenvalue weighted by Crippen LogP contribution is 2.38. The number of para-hydroxylation sites is 1. The fourth-order valence-electron chi connectivity index (χ4n) is 3.87. The third-order valence-corrected chi connectivity index (χ3v) is 7.22. The van der Waals surface area contributed by atoms with Crippen LogP contribution in [-0.2, 0) is 21.8 Å². The number of fused-ring (bicyclic) bond motifs is 1. The lowest BCUT2D eigenvalue weighted by Gasteiger charge is -2.31. The first-order valence-corrected chi connectivity index (χ1v) is 10.8. The Morgan fingerprint density at radius 2 is 2.07 bits per heavy atom. The molecule has 9 nitrogen and oxygen atoms in total. The molecule has 1 fully saturated rings. The van der Waals surface area contributed by atoms with Gasteiger partial charge in [-0.25, -0.2) is 8.42 Å². The van der Waals surface area contributed by atoms with E-state index in [4.69, 9.17) is 9.47 Å². The van der Waals surface area contributed by atoms with Crippen molar-refractivity contribution >= 4 is 15.9 Å². The number of ether oxygens (including phenoxy) is 2. The molecule has 0 unspecified atom stereocenters. The molecule has 10 heteroatoms. The van der Waals surface area contributed by atoms with Gasteiger partial charge in [0.15, 0.2) is 0 Å². The third kappa shape index (κ3) is 3.63. The molecule has 1 saturated heterocycles. The first-order valence-electron chi connectivity index (χ1n) is 9.41. The zero-order valence-electron chi connectivity index (χ0n) is 16.4. The molecule has 4 rings (SSSR count). The Morgan fingerprint density at radius 3 is 2.79 bits per heavy atom. The maximum atomic E-state index is 13.2. The summed E-state index contributed by atoms with van der Waals surface area (Å²) < 4.78 is 40.8. The van der Waals surface area contributed by atoms with Gasteiger partial charge < -0.3 is 14.4 Å². The summed E-state index contributed by atoms with van der Waals surface area (Å²) in [6, 6.07) is 8.31. The average molecular weight is 420 g/mol. The third-order valence-electron chi connectivity index (χ3n) is 5.34. The van der Waals surface area contributed by atoms with Crippen LogP contribution in [0.4, 0.5) is 0 Å². The molecule has 2 aliphatic rings. The number of amides is 1. The number of aromatic nitrogens is 2. The van der Waals surface area contributed by atoms with Crippen molar-refractivity contribution in [2.45, 2.75) is 16.9 Å². The fourth-order valence-corrected chi connectivity index (χ4v) is 5.49. The summed E-state index contributed by atoms with van der Waals surface area (Å²) >= 11 is 0. The Hall–Kier alpha value is -2.43. The van der Waals surface area contributed by atoms with Crippen molar-refractivity contribution in [1.29, 1.82) is 0 Å². The van der Waals surface area contributed by atoms with Crippen LogP contribution in [0.15, 0.2) is 41.4 Å². The van der Waals surface area contributed by atoms with Gasteiger partial charge in [0, 0.05) is 39.9 Å². The predicted molar refractivity (Wildman–Crippen MR) is 104 cm³/mol. The smallest absolute Gasteiger partial charge is 0.274 e. The number of methoxy groups -OCH3 is 1. The molecular formula is C19H24N4O5S. The first kappa shape index (κ1) is 19.9. The first-order chi connectivity index (χ1) is 13.8. The minimum atomic E-state index is -3.73. The topological polar surface area (TPSA) is 94.0 Å². The second kappa shape index (κ2) is 7.43. The molecule has 0 saturated carbocycles. The molecule has 29 heavy (non-hydrogen) atoms. The molecular weight excluding hydrogens is 396 g/mol. The summed E-state index contributed by atoms with van der Waals surface area (Å²) in [6.07, 6.45) is 2.25. The Balaban J connectivity index is 1.66. The molecule has 0 N–H and O–H groups in total. The maximum Gasteiger partial charge on any atom is 0.274 e. The molecule has 2 aliphatic heterocycles. The Bertz CT molecular complexity index is 1020. The van der Waals surface area contributed by atoms with Crippen LogP contribution in [0.3, 0.4) is 0 Å². The number of carbonyl (C=O) groups excluding carboxylic acids is 1. The zero-order chi connectivity index (χ0) is 20.6. The van der Waals surface area contributed by atoms with Crippen molar-refractivity contribution < 1.29 is 22.7 Å². The van der Waals surface area contributed by atoms with Crippen molar-refractivity contribution in [3.63, 3.8) is 0 Å². The van der Waals surface area contributed by atoms with Crippen LogP contribution in [0, 0.1) is 0 Å². The summed E-state index contributed by atoms with van der Waals surface area (Å²) in [7, 11) is -0.441. The highest BCUT2D eigenvalue weighted by molar-refractivity contribution is 7.89. The molecule has 1 aromatic heterocycles. The monoisotopic (exact) mass is 420 g/mol. The molecule has 0 aliphatic carbocycles. The number of carbonyl (C=O) groups is 1. The van der Waals surface area contributed by atoms with E-state index in [1.165, 1.54) is 11.4 Å². The van der Waals surface area contributed by atoms with Gasteiger partial charge in [-0.1, -0.05) is 12.1 Å². The van der Waals surface area contributed by atoms with E-state index in [1.807, 2.05) is 0 Å².